The molecule has 0 aliphatic carbocycles. The van der Waals surface area contributed by atoms with Crippen molar-refractivity contribution in [2.75, 3.05) is 27.4 Å². The first-order valence-corrected chi connectivity index (χ1v) is 9.26. The first kappa shape index (κ1) is 20.1. The largest absolute Gasteiger partial charge is 0.497 e. The molecule has 2 N–H and O–H groups in total. The predicted molar refractivity (Wildman–Crippen MR) is 110 cm³/mol. The fourth-order valence-electron chi connectivity index (χ4n) is 3.09. The molecular weight excluding hydrogens is 368 g/mol. The minimum Gasteiger partial charge on any atom is -0.497 e. The van der Waals surface area contributed by atoms with Gasteiger partial charge in [0.1, 0.15) is 23.1 Å². The maximum absolute atomic E-state index is 9.42. The highest BCUT2D eigenvalue weighted by Crippen LogP contribution is 2.29. The van der Waals surface area contributed by atoms with E-state index in [-0.39, 0.29) is 0 Å². The second kappa shape index (κ2) is 9.02. The van der Waals surface area contributed by atoms with Crippen molar-refractivity contribution in [2.45, 2.75) is 13.5 Å². The van der Waals surface area contributed by atoms with Crippen LogP contribution in [0.5, 0.6) is 11.5 Å². The summed E-state index contributed by atoms with van der Waals surface area (Å²) >= 11 is 0. The summed E-state index contributed by atoms with van der Waals surface area (Å²) in [4.78, 5) is 6.57. The quantitative estimate of drug-likeness (QED) is 0.773. The molecule has 1 aromatic heterocycles. The van der Waals surface area contributed by atoms with Crippen LogP contribution in [0.2, 0.25) is 0 Å². The van der Waals surface area contributed by atoms with E-state index in [9.17, 15) is 5.26 Å². The summed E-state index contributed by atoms with van der Waals surface area (Å²) in [6, 6.07) is 11.7. The van der Waals surface area contributed by atoms with Gasteiger partial charge in [0, 0.05) is 30.9 Å². The Morgan fingerprint density at radius 2 is 1.90 bits per heavy atom. The van der Waals surface area contributed by atoms with E-state index in [0.717, 1.165) is 16.8 Å². The van der Waals surface area contributed by atoms with Gasteiger partial charge in [0.2, 0.25) is 5.88 Å². The number of benzene rings is 1. The summed E-state index contributed by atoms with van der Waals surface area (Å²) in [7, 11) is 3.24. The zero-order chi connectivity index (χ0) is 20.8. The minimum atomic E-state index is 0.367. The van der Waals surface area contributed by atoms with E-state index in [4.69, 9.17) is 19.9 Å². The van der Waals surface area contributed by atoms with E-state index < -0.39 is 0 Å². The Kier molecular flexibility index (Phi) is 6.25. The lowest BCUT2D eigenvalue weighted by Crippen LogP contribution is -2.30. The van der Waals surface area contributed by atoms with Crippen LogP contribution in [-0.2, 0) is 11.3 Å². The molecule has 0 radical (unpaired) electrons. The molecule has 0 saturated carbocycles. The Bertz CT molecular complexity index is 952. The van der Waals surface area contributed by atoms with Crippen molar-refractivity contribution in [3.63, 3.8) is 0 Å². The number of nitriles is 1. The second-order valence-electron chi connectivity index (χ2n) is 6.42. The van der Waals surface area contributed by atoms with Gasteiger partial charge in [0.25, 0.3) is 0 Å². The van der Waals surface area contributed by atoms with Gasteiger partial charge in [-0.2, -0.15) is 5.26 Å². The summed E-state index contributed by atoms with van der Waals surface area (Å²) in [5, 5.41) is 9.42. The molecule has 0 spiro atoms. The van der Waals surface area contributed by atoms with Crippen LogP contribution in [-0.4, -0.2) is 37.3 Å². The lowest BCUT2D eigenvalue weighted by Gasteiger charge is -2.29. The first-order chi connectivity index (χ1) is 14.1. The van der Waals surface area contributed by atoms with Gasteiger partial charge in [-0.1, -0.05) is 6.07 Å². The van der Waals surface area contributed by atoms with Crippen molar-refractivity contribution in [1.82, 2.24) is 9.88 Å². The summed E-state index contributed by atoms with van der Waals surface area (Å²) < 4.78 is 16.4. The molecule has 0 fully saturated rings. The van der Waals surface area contributed by atoms with E-state index >= 15 is 0 Å². The minimum absolute atomic E-state index is 0.367. The average Bonchev–Trinajstić information content (AvgIpc) is 2.76. The summed E-state index contributed by atoms with van der Waals surface area (Å²) in [5.74, 6) is 1.92. The number of ether oxygens (including phenoxy) is 3. The van der Waals surface area contributed by atoms with Crippen LogP contribution in [0.25, 0.3) is 11.3 Å². The van der Waals surface area contributed by atoms with Crippen LogP contribution in [0.4, 0.5) is 0 Å². The van der Waals surface area contributed by atoms with E-state index in [1.54, 1.807) is 14.2 Å². The number of pyridine rings is 1. The van der Waals surface area contributed by atoms with Crippen LogP contribution in [0, 0.1) is 11.3 Å². The molecule has 1 aliphatic heterocycles. The third kappa shape index (κ3) is 4.43. The fourth-order valence-corrected chi connectivity index (χ4v) is 3.09. The molecule has 2 heterocycles. The van der Waals surface area contributed by atoms with Crippen LogP contribution >= 0.6 is 0 Å². The summed E-state index contributed by atoms with van der Waals surface area (Å²) in [5.41, 5.74) is 9.47. The highest BCUT2D eigenvalue weighted by Gasteiger charge is 2.22. The number of allylic oxidation sites excluding steroid dienone is 1. The molecule has 1 aliphatic rings. The molecular formula is C22H24N4O3. The van der Waals surface area contributed by atoms with Gasteiger partial charge < -0.3 is 24.8 Å². The molecule has 0 atom stereocenters. The molecule has 2 aromatic rings. The van der Waals surface area contributed by atoms with Crippen molar-refractivity contribution in [1.29, 1.82) is 5.26 Å². The Balaban J connectivity index is 1.83. The first-order valence-electron chi connectivity index (χ1n) is 9.26. The van der Waals surface area contributed by atoms with Crippen molar-refractivity contribution in [2.24, 2.45) is 5.73 Å². The Morgan fingerprint density at radius 3 is 2.45 bits per heavy atom. The molecule has 0 amide bonds. The van der Waals surface area contributed by atoms with Crippen LogP contribution in [0.3, 0.4) is 0 Å². The van der Waals surface area contributed by atoms with Gasteiger partial charge in [0.05, 0.1) is 32.2 Å². The monoisotopic (exact) mass is 392 g/mol. The predicted octanol–water partition coefficient (Wildman–Crippen LogP) is 3.20. The van der Waals surface area contributed by atoms with Gasteiger partial charge in [0.15, 0.2) is 0 Å². The molecule has 29 heavy (non-hydrogen) atoms. The molecule has 1 aromatic carbocycles. The van der Waals surface area contributed by atoms with Gasteiger partial charge in [-0.15, -0.1) is 0 Å². The lowest BCUT2D eigenvalue weighted by atomic mass is 10.1. The highest BCUT2D eigenvalue weighted by molar-refractivity contribution is 5.64. The highest BCUT2D eigenvalue weighted by atomic mass is 16.5. The van der Waals surface area contributed by atoms with Gasteiger partial charge >= 0.3 is 0 Å². The molecule has 7 heteroatoms. The maximum Gasteiger partial charge on any atom is 0.210 e. The third-order valence-electron chi connectivity index (χ3n) is 4.56. The van der Waals surface area contributed by atoms with Gasteiger partial charge in [-0.05, 0) is 36.8 Å². The molecule has 0 bridgehead atoms. The molecule has 0 saturated heterocycles. The molecule has 7 nitrogen and oxygen atoms in total. The third-order valence-corrected chi connectivity index (χ3v) is 4.56. The summed E-state index contributed by atoms with van der Waals surface area (Å²) in [6.07, 6.45) is 3.64. The van der Waals surface area contributed by atoms with Crippen molar-refractivity contribution >= 4 is 0 Å². The zero-order valence-corrected chi connectivity index (χ0v) is 16.8. The SMILES string of the molecule is CCOC1=C(C#N)C(N)=CCN1Cc1ccc(-c2cc(OC)cc(OC)c2)nc1. The van der Waals surface area contributed by atoms with Gasteiger partial charge in [-0.25, -0.2) is 0 Å². The lowest BCUT2D eigenvalue weighted by molar-refractivity contribution is 0.119. The van der Waals surface area contributed by atoms with Gasteiger partial charge in [-0.3, -0.25) is 4.98 Å². The van der Waals surface area contributed by atoms with Crippen molar-refractivity contribution < 1.29 is 14.2 Å². The smallest absolute Gasteiger partial charge is 0.210 e. The number of nitrogens with two attached hydrogens (primary N) is 1. The maximum atomic E-state index is 9.42. The zero-order valence-electron chi connectivity index (χ0n) is 16.8. The van der Waals surface area contributed by atoms with Crippen molar-refractivity contribution in [3.05, 3.63) is 65.3 Å². The van der Waals surface area contributed by atoms with Crippen LogP contribution in [0.1, 0.15) is 12.5 Å². The van der Waals surface area contributed by atoms with E-state index in [2.05, 4.69) is 11.1 Å². The molecule has 150 valence electrons. The van der Waals surface area contributed by atoms with Crippen LogP contribution in [0.15, 0.2) is 59.8 Å². The van der Waals surface area contributed by atoms with Crippen molar-refractivity contribution in [3.8, 4) is 28.8 Å². The topological polar surface area (TPSA) is 93.6 Å². The van der Waals surface area contributed by atoms with Crippen LogP contribution < -0.4 is 15.2 Å². The second-order valence-corrected chi connectivity index (χ2v) is 6.42. The fraction of sp³-hybridized carbons (Fsp3) is 0.273. The van der Waals surface area contributed by atoms with E-state index in [0.29, 0.717) is 48.3 Å². The Labute approximate surface area is 170 Å². The number of methoxy groups -OCH3 is 2. The Hall–Kier alpha value is -3.66. The normalized spacial score (nSPS) is 13.6. The molecule has 0 unspecified atom stereocenters. The van der Waals surface area contributed by atoms with E-state index in [1.807, 2.05) is 54.4 Å². The average molecular weight is 392 g/mol. The molecule has 3 rings (SSSR count). The number of aromatic nitrogens is 1. The summed E-state index contributed by atoms with van der Waals surface area (Å²) in [6.45, 7) is 3.47. The van der Waals surface area contributed by atoms with E-state index in [1.165, 1.54) is 0 Å². The number of nitrogens with zero attached hydrogens (tertiary/aromatic N) is 3. The Morgan fingerprint density at radius 1 is 1.17 bits per heavy atom. The number of hydrogen-bond donors (Lipinski definition) is 1. The number of hydrogen-bond acceptors (Lipinski definition) is 7. The standard InChI is InChI=1S/C22H24N4O3/c1-4-29-22-19(12-23)20(24)7-8-26(22)14-15-5-6-21(25-13-15)16-9-17(27-2)11-18(10-16)28-3/h5-7,9-11,13H,4,8,14,24H2,1-3H3. The number of rotatable bonds is 7.